The van der Waals surface area contributed by atoms with Crippen LogP contribution in [0.1, 0.15) is 46.2 Å². The van der Waals surface area contributed by atoms with Gasteiger partial charge in [-0.3, -0.25) is 4.99 Å². The number of nitrogens with zero attached hydrogens (tertiary/aromatic N) is 1. The van der Waals surface area contributed by atoms with Crippen LogP contribution < -0.4 is 10.1 Å². The summed E-state index contributed by atoms with van der Waals surface area (Å²) < 4.78 is 19.8. The minimum atomic E-state index is -0.251. The van der Waals surface area contributed by atoms with Crippen LogP contribution in [0.3, 0.4) is 0 Å². The number of aliphatic imine (C=N–C) groups is 1. The van der Waals surface area contributed by atoms with Gasteiger partial charge in [0.25, 0.3) is 0 Å². The Bertz CT molecular complexity index is 1510. The summed E-state index contributed by atoms with van der Waals surface area (Å²) in [6.45, 7) is 2.54. The van der Waals surface area contributed by atoms with Crippen LogP contribution in [0.15, 0.2) is 107 Å². The van der Waals surface area contributed by atoms with Crippen molar-refractivity contribution in [3.8, 4) is 5.75 Å². The molecule has 3 nitrogen and oxygen atoms in total. The van der Waals surface area contributed by atoms with E-state index in [0.29, 0.717) is 18.4 Å². The van der Waals surface area contributed by atoms with E-state index in [1.165, 1.54) is 34.5 Å². The van der Waals surface area contributed by atoms with E-state index in [0.717, 1.165) is 33.5 Å². The maximum absolute atomic E-state index is 13.1. The molecule has 1 heterocycles. The Balaban J connectivity index is 1.12. The normalized spacial score (nSPS) is 19.7. The molecule has 1 aliphatic heterocycles. The molecule has 4 aromatic rings. The maximum atomic E-state index is 13.1. The topological polar surface area (TPSA) is 33.6 Å². The monoisotopic (exact) mass is 566 g/mol. The number of benzene rings is 4. The molecular weight excluding hydrogens is 539 g/mol. The number of fused-ring (bicyclic) bond motifs is 3. The van der Waals surface area contributed by atoms with Gasteiger partial charge in [0, 0.05) is 17.8 Å². The Morgan fingerprint density at radius 1 is 1.00 bits per heavy atom. The summed E-state index contributed by atoms with van der Waals surface area (Å²) in [5.41, 5.74) is 8.05. The standard InChI is InChI=1S/C33H28BrFN2O/c1-21-5-15-31-29(17-21)27-3-2-4-28(27)33(37-31)24-9-13-26(14-10-24)36-19-23-8-16-32(30(34)18-23)38-20-22-6-11-25(35)12-7-22/h2-3,5-19,27-28,33,37H,4,20H2,1H3/t27-,28-,33-/m1/s1. The van der Waals surface area contributed by atoms with Gasteiger partial charge < -0.3 is 10.1 Å². The lowest BCUT2D eigenvalue weighted by Gasteiger charge is -2.37. The molecule has 0 saturated heterocycles. The van der Waals surface area contributed by atoms with Gasteiger partial charge in [0.15, 0.2) is 0 Å². The zero-order valence-corrected chi connectivity index (χ0v) is 22.7. The Labute approximate surface area is 231 Å². The first-order chi connectivity index (χ1) is 18.5. The number of ether oxygens (including phenoxy) is 1. The summed E-state index contributed by atoms with van der Waals surface area (Å²) in [6.07, 6.45) is 7.66. The quantitative estimate of drug-likeness (QED) is 0.186. The smallest absolute Gasteiger partial charge is 0.134 e. The molecular formula is C33H28BrFN2O. The SMILES string of the molecule is Cc1ccc2c(c1)[C@@H]1C=CC[C@H]1[C@@H](c1ccc(N=Cc3ccc(OCc4ccc(F)cc4)c(Br)c3)cc1)N2. The van der Waals surface area contributed by atoms with Crippen molar-refractivity contribution in [1.82, 2.24) is 0 Å². The fourth-order valence-electron chi connectivity index (χ4n) is 5.42. The summed E-state index contributed by atoms with van der Waals surface area (Å²) in [6, 6.07) is 27.8. The summed E-state index contributed by atoms with van der Waals surface area (Å²) in [5, 5.41) is 3.81. The first-order valence-electron chi connectivity index (χ1n) is 12.9. The van der Waals surface area contributed by atoms with E-state index < -0.39 is 0 Å². The molecule has 0 amide bonds. The minimum Gasteiger partial charge on any atom is -0.488 e. The summed E-state index contributed by atoms with van der Waals surface area (Å²) >= 11 is 3.59. The second kappa shape index (κ2) is 10.6. The van der Waals surface area contributed by atoms with Crippen molar-refractivity contribution in [2.24, 2.45) is 10.9 Å². The number of anilines is 1. The lowest BCUT2D eigenvalue weighted by atomic mass is 9.76. The lowest BCUT2D eigenvalue weighted by molar-refractivity contribution is 0.304. The molecule has 5 heteroatoms. The average molecular weight is 568 g/mol. The Kier molecular flexibility index (Phi) is 6.86. The maximum Gasteiger partial charge on any atom is 0.134 e. The van der Waals surface area contributed by atoms with Crippen molar-refractivity contribution >= 4 is 33.5 Å². The highest BCUT2D eigenvalue weighted by Gasteiger charge is 2.37. The first kappa shape index (κ1) is 24.6. The second-order valence-electron chi connectivity index (χ2n) is 10.0. The molecule has 0 unspecified atom stereocenters. The van der Waals surface area contributed by atoms with Crippen LogP contribution in [-0.2, 0) is 6.61 Å². The summed E-state index contributed by atoms with van der Waals surface area (Å²) in [4.78, 5) is 4.69. The van der Waals surface area contributed by atoms with Gasteiger partial charge in [-0.05, 0) is 106 Å². The Hall–Kier alpha value is -3.70. The molecule has 0 bridgehead atoms. The van der Waals surface area contributed by atoms with Crippen LogP contribution in [0, 0.1) is 18.7 Å². The van der Waals surface area contributed by atoms with E-state index in [4.69, 9.17) is 9.73 Å². The molecule has 0 radical (unpaired) electrons. The van der Waals surface area contributed by atoms with Gasteiger partial charge in [0.05, 0.1) is 16.2 Å². The van der Waals surface area contributed by atoms with Crippen molar-refractivity contribution in [1.29, 1.82) is 0 Å². The second-order valence-corrected chi connectivity index (χ2v) is 10.9. The molecule has 190 valence electrons. The zero-order chi connectivity index (χ0) is 26.1. The van der Waals surface area contributed by atoms with Crippen molar-refractivity contribution in [2.75, 3.05) is 5.32 Å². The molecule has 0 spiro atoms. The van der Waals surface area contributed by atoms with Gasteiger partial charge in [-0.15, -0.1) is 0 Å². The molecule has 1 aliphatic carbocycles. The van der Waals surface area contributed by atoms with Gasteiger partial charge in [-0.1, -0.05) is 54.1 Å². The van der Waals surface area contributed by atoms with Crippen LogP contribution in [0.4, 0.5) is 15.8 Å². The highest BCUT2D eigenvalue weighted by Crippen LogP contribution is 2.50. The number of allylic oxidation sites excluding steroid dienone is 2. The van der Waals surface area contributed by atoms with Gasteiger partial charge in [0.2, 0.25) is 0 Å². The van der Waals surface area contributed by atoms with Crippen molar-refractivity contribution in [3.05, 3.63) is 135 Å². The highest BCUT2D eigenvalue weighted by atomic mass is 79.9. The fourth-order valence-corrected chi connectivity index (χ4v) is 5.93. The third-order valence-corrected chi connectivity index (χ3v) is 8.02. The summed E-state index contributed by atoms with van der Waals surface area (Å²) in [5.74, 6) is 1.47. The van der Waals surface area contributed by atoms with Gasteiger partial charge in [0.1, 0.15) is 18.2 Å². The number of aryl methyl sites for hydroxylation is 1. The predicted molar refractivity (Wildman–Crippen MR) is 156 cm³/mol. The fraction of sp³-hybridized carbons (Fsp3) is 0.182. The third-order valence-electron chi connectivity index (χ3n) is 7.40. The zero-order valence-electron chi connectivity index (χ0n) is 21.1. The van der Waals surface area contributed by atoms with Crippen LogP contribution in [0.25, 0.3) is 0 Å². The van der Waals surface area contributed by atoms with Crippen molar-refractivity contribution < 1.29 is 9.13 Å². The van der Waals surface area contributed by atoms with E-state index >= 15 is 0 Å². The molecule has 0 fully saturated rings. The van der Waals surface area contributed by atoms with Crippen LogP contribution in [0.2, 0.25) is 0 Å². The molecule has 2 aliphatic rings. The van der Waals surface area contributed by atoms with Gasteiger partial charge >= 0.3 is 0 Å². The minimum absolute atomic E-state index is 0.251. The molecule has 0 aromatic heterocycles. The molecule has 38 heavy (non-hydrogen) atoms. The lowest BCUT2D eigenvalue weighted by Crippen LogP contribution is -2.29. The van der Waals surface area contributed by atoms with Crippen molar-refractivity contribution in [3.63, 3.8) is 0 Å². The van der Waals surface area contributed by atoms with Crippen molar-refractivity contribution in [2.45, 2.75) is 31.9 Å². The highest BCUT2D eigenvalue weighted by molar-refractivity contribution is 9.10. The van der Waals surface area contributed by atoms with E-state index in [2.05, 4.69) is 82.8 Å². The Morgan fingerprint density at radius 3 is 2.61 bits per heavy atom. The molecule has 0 saturated carbocycles. The number of rotatable bonds is 6. The van der Waals surface area contributed by atoms with Crippen LogP contribution >= 0.6 is 15.9 Å². The Morgan fingerprint density at radius 2 is 1.82 bits per heavy atom. The molecule has 1 N–H and O–H groups in total. The van der Waals surface area contributed by atoms with Crippen LogP contribution in [-0.4, -0.2) is 6.21 Å². The van der Waals surface area contributed by atoms with E-state index in [1.54, 1.807) is 12.1 Å². The molecule has 6 rings (SSSR count). The predicted octanol–water partition coefficient (Wildman–Crippen LogP) is 9.05. The number of hydrogen-bond acceptors (Lipinski definition) is 3. The number of halogens is 2. The average Bonchev–Trinajstić information content (AvgIpc) is 3.43. The van der Waals surface area contributed by atoms with Gasteiger partial charge in [-0.25, -0.2) is 4.39 Å². The van der Waals surface area contributed by atoms with Crippen LogP contribution in [0.5, 0.6) is 5.75 Å². The van der Waals surface area contributed by atoms with E-state index in [-0.39, 0.29) is 11.9 Å². The first-order valence-corrected chi connectivity index (χ1v) is 13.7. The summed E-state index contributed by atoms with van der Waals surface area (Å²) in [7, 11) is 0. The van der Waals surface area contributed by atoms with E-state index in [9.17, 15) is 4.39 Å². The third kappa shape index (κ3) is 5.16. The van der Waals surface area contributed by atoms with Gasteiger partial charge in [-0.2, -0.15) is 0 Å². The largest absolute Gasteiger partial charge is 0.488 e. The number of nitrogens with one attached hydrogen (secondary N) is 1. The molecule has 3 atom stereocenters. The number of hydrogen-bond donors (Lipinski definition) is 1. The van der Waals surface area contributed by atoms with E-state index in [1.807, 2.05) is 24.4 Å². The molecule has 4 aromatic carbocycles.